The monoisotopic (exact) mass is 366 g/mol. The summed E-state index contributed by atoms with van der Waals surface area (Å²) in [6, 6.07) is 17.3. The standard InChI is InChI=1S/C20H19ClN4O/c21-16-10-6-9-15(13-16)20(11-4-5-12-20)22-19(26)18-17(23-25-24-18)14-7-2-1-3-8-14/h1-3,6-10,13H,4-5,11-12H2,(H,22,26)(H,23,24,25). The lowest BCUT2D eigenvalue weighted by molar-refractivity contribution is 0.0893. The van der Waals surface area contributed by atoms with E-state index in [-0.39, 0.29) is 5.91 Å². The van der Waals surface area contributed by atoms with Gasteiger partial charge in [0.15, 0.2) is 5.69 Å². The highest BCUT2D eigenvalue weighted by Gasteiger charge is 2.38. The zero-order valence-electron chi connectivity index (χ0n) is 14.2. The Labute approximate surface area is 156 Å². The van der Waals surface area contributed by atoms with Gasteiger partial charge in [-0.05, 0) is 30.5 Å². The van der Waals surface area contributed by atoms with E-state index < -0.39 is 5.54 Å². The molecule has 2 aromatic carbocycles. The number of H-pyrrole nitrogens is 1. The Kier molecular flexibility index (Phi) is 4.47. The quantitative estimate of drug-likeness (QED) is 0.722. The zero-order valence-corrected chi connectivity index (χ0v) is 15.0. The van der Waals surface area contributed by atoms with Crippen LogP contribution in [0.3, 0.4) is 0 Å². The van der Waals surface area contributed by atoms with Gasteiger partial charge in [0.25, 0.3) is 5.91 Å². The van der Waals surface area contributed by atoms with Crippen LogP contribution in [0, 0.1) is 0 Å². The molecule has 0 spiro atoms. The summed E-state index contributed by atoms with van der Waals surface area (Å²) < 4.78 is 0. The molecule has 3 aromatic rings. The van der Waals surface area contributed by atoms with Gasteiger partial charge in [-0.15, -0.1) is 0 Å². The fourth-order valence-corrected chi connectivity index (χ4v) is 3.90. The van der Waals surface area contributed by atoms with Crippen molar-refractivity contribution < 1.29 is 4.79 Å². The number of aromatic nitrogens is 3. The number of amides is 1. The highest BCUT2D eigenvalue weighted by Crippen LogP contribution is 2.39. The second-order valence-electron chi connectivity index (χ2n) is 6.64. The summed E-state index contributed by atoms with van der Waals surface area (Å²) in [5, 5.41) is 14.8. The van der Waals surface area contributed by atoms with Crippen LogP contribution in [0.25, 0.3) is 11.3 Å². The van der Waals surface area contributed by atoms with Gasteiger partial charge in [0.1, 0.15) is 5.69 Å². The first kappa shape index (κ1) is 16.8. The first-order valence-electron chi connectivity index (χ1n) is 8.73. The fourth-order valence-electron chi connectivity index (χ4n) is 3.71. The maximum Gasteiger partial charge on any atom is 0.274 e. The van der Waals surface area contributed by atoms with E-state index in [2.05, 4.69) is 20.7 Å². The predicted octanol–water partition coefficient (Wildman–Crippen LogP) is 4.32. The molecule has 6 heteroatoms. The molecular formula is C20H19ClN4O. The third kappa shape index (κ3) is 3.10. The van der Waals surface area contributed by atoms with Crippen molar-refractivity contribution in [1.29, 1.82) is 0 Å². The number of rotatable bonds is 4. The topological polar surface area (TPSA) is 70.7 Å². The minimum Gasteiger partial charge on any atom is -0.341 e. The van der Waals surface area contributed by atoms with Crippen LogP contribution in [0.4, 0.5) is 0 Å². The number of carbonyl (C=O) groups is 1. The predicted molar refractivity (Wildman–Crippen MR) is 101 cm³/mol. The number of nitrogens with one attached hydrogen (secondary N) is 2. The number of aromatic amines is 1. The number of carbonyl (C=O) groups excluding carboxylic acids is 1. The van der Waals surface area contributed by atoms with Gasteiger partial charge in [-0.2, -0.15) is 15.4 Å². The maximum absolute atomic E-state index is 13.1. The van der Waals surface area contributed by atoms with Gasteiger partial charge >= 0.3 is 0 Å². The van der Waals surface area contributed by atoms with Crippen molar-refractivity contribution in [1.82, 2.24) is 20.7 Å². The zero-order chi connectivity index (χ0) is 18.0. The summed E-state index contributed by atoms with van der Waals surface area (Å²) >= 11 is 6.19. The third-order valence-electron chi connectivity index (χ3n) is 5.00. The summed E-state index contributed by atoms with van der Waals surface area (Å²) in [4.78, 5) is 13.1. The molecule has 0 aliphatic heterocycles. The van der Waals surface area contributed by atoms with Crippen molar-refractivity contribution in [3.63, 3.8) is 0 Å². The van der Waals surface area contributed by atoms with E-state index >= 15 is 0 Å². The van der Waals surface area contributed by atoms with E-state index in [0.29, 0.717) is 16.4 Å². The molecule has 1 aliphatic rings. The van der Waals surface area contributed by atoms with Crippen LogP contribution in [-0.4, -0.2) is 21.3 Å². The van der Waals surface area contributed by atoms with Gasteiger partial charge in [0.05, 0.1) is 5.54 Å². The summed E-state index contributed by atoms with van der Waals surface area (Å²) in [5.41, 5.74) is 2.36. The molecule has 0 saturated heterocycles. The smallest absolute Gasteiger partial charge is 0.274 e. The van der Waals surface area contributed by atoms with Gasteiger partial charge in [-0.25, -0.2) is 0 Å². The molecule has 0 unspecified atom stereocenters. The molecule has 1 aliphatic carbocycles. The highest BCUT2D eigenvalue weighted by molar-refractivity contribution is 6.30. The average Bonchev–Trinajstić information content (AvgIpc) is 3.33. The van der Waals surface area contributed by atoms with E-state index in [0.717, 1.165) is 36.8 Å². The Hall–Kier alpha value is -2.66. The van der Waals surface area contributed by atoms with Crippen molar-refractivity contribution in [2.75, 3.05) is 0 Å². The summed E-state index contributed by atoms with van der Waals surface area (Å²) in [7, 11) is 0. The van der Waals surface area contributed by atoms with Crippen LogP contribution in [0.5, 0.6) is 0 Å². The molecule has 4 rings (SSSR count). The van der Waals surface area contributed by atoms with E-state index in [1.165, 1.54) is 0 Å². The first-order chi connectivity index (χ1) is 12.7. The van der Waals surface area contributed by atoms with Crippen LogP contribution < -0.4 is 5.32 Å². The first-order valence-corrected chi connectivity index (χ1v) is 9.10. The second kappa shape index (κ2) is 6.92. The Morgan fingerprint density at radius 2 is 1.81 bits per heavy atom. The summed E-state index contributed by atoms with van der Waals surface area (Å²) in [6.07, 6.45) is 3.91. The lowest BCUT2D eigenvalue weighted by atomic mass is 9.88. The van der Waals surface area contributed by atoms with Crippen molar-refractivity contribution in [3.05, 3.63) is 70.9 Å². The second-order valence-corrected chi connectivity index (χ2v) is 7.08. The molecule has 0 atom stereocenters. The van der Waals surface area contributed by atoms with Crippen molar-refractivity contribution in [2.45, 2.75) is 31.2 Å². The Bertz CT molecular complexity index is 916. The molecular weight excluding hydrogens is 348 g/mol. The number of halogens is 1. The van der Waals surface area contributed by atoms with Gasteiger partial charge < -0.3 is 5.32 Å². The number of hydrogen-bond acceptors (Lipinski definition) is 3. The van der Waals surface area contributed by atoms with Crippen molar-refractivity contribution >= 4 is 17.5 Å². The molecule has 0 radical (unpaired) electrons. The van der Waals surface area contributed by atoms with Crippen LogP contribution in [0.15, 0.2) is 54.6 Å². The van der Waals surface area contributed by atoms with E-state index in [1.54, 1.807) is 0 Å². The number of hydrogen-bond donors (Lipinski definition) is 2. The van der Waals surface area contributed by atoms with Crippen LogP contribution >= 0.6 is 11.6 Å². The Balaban J connectivity index is 1.66. The van der Waals surface area contributed by atoms with E-state index in [9.17, 15) is 4.79 Å². The Morgan fingerprint density at radius 1 is 1.04 bits per heavy atom. The molecule has 2 N–H and O–H groups in total. The van der Waals surface area contributed by atoms with Crippen molar-refractivity contribution in [3.8, 4) is 11.3 Å². The fraction of sp³-hybridized carbons (Fsp3) is 0.250. The molecule has 1 heterocycles. The average molecular weight is 367 g/mol. The molecule has 1 aromatic heterocycles. The minimum atomic E-state index is -0.408. The molecule has 26 heavy (non-hydrogen) atoms. The third-order valence-corrected chi connectivity index (χ3v) is 5.23. The summed E-state index contributed by atoms with van der Waals surface area (Å²) in [6.45, 7) is 0. The lowest BCUT2D eigenvalue weighted by Crippen LogP contribution is -2.44. The van der Waals surface area contributed by atoms with Crippen LogP contribution in [0.2, 0.25) is 5.02 Å². The lowest BCUT2D eigenvalue weighted by Gasteiger charge is -2.31. The van der Waals surface area contributed by atoms with Gasteiger partial charge in [0.2, 0.25) is 0 Å². The van der Waals surface area contributed by atoms with Crippen LogP contribution in [-0.2, 0) is 5.54 Å². The van der Waals surface area contributed by atoms with E-state index in [1.807, 2.05) is 54.6 Å². The highest BCUT2D eigenvalue weighted by atomic mass is 35.5. The molecule has 0 bridgehead atoms. The largest absolute Gasteiger partial charge is 0.341 e. The summed E-state index contributed by atoms with van der Waals surface area (Å²) in [5.74, 6) is -0.223. The van der Waals surface area contributed by atoms with Gasteiger partial charge in [0, 0.05) is 10.6 Å². The molecule has 1 saturated carbocycles. The maximum atomic E-state index is 13.1. The number of nitrogens with zero attached hydrogens (tertiary/aromatic N) is 2. The normalized spacial score (nSPS) is 15.7. The Morgan fingerprint density at radius 3 is 2.54 bits per heavy atom. The van der Waals surface area contributed by atoms with Crippen molar-refractivity contribution in [2.24, 2.45) is 0 Å². The van der Waals surface area contributed by atoms with Crippen LogP contribution in [0.1, 0.15) is 41.7 Å². The number of benzene rings is 2. The molecule has 1 fully saturated rings. The molecule has 1 amide bonds. The molecule has 132 valence electrons. The van der Waals surface area contributed by atoms with Gasteiger partial charge in [-0.3, -0.25) is 4.79 Å². The van der Waals surface area contributed by atoms with E-state index in [4.69, 9.17) is 11.6 Å². The minimum absolute atomic E-state index is 0.223. The SMILES string of the molecule is O=C(NC1(c2cccc(Cl)c2)CCCC1)c1n[nH]nc1-c1ccccc1. The molecule has 5 nitrogen and oxygen atoms in total. The van der Waals surface area contributed by atoms with Gasteiger partial charge in [-0.1, -0.05) is 66.9 Å².